The first-order valence-electron chi connectivity index (χ1n) is 7.48. The van der Waals surface area contributed by atoms with E-state index in [4.69, 9.17) is 4.74 Å². The third-order valence-corrected chi connectivity index (χ3v) is 5.15. The molecule has 0 saturated carbocycles. The van der Waals surface area contributed by atoms with Crippen molar-refractivity contribution in [1.82, 2.24) is 4.98 Å². The number of ketones is 1. The van der Waals surface area contributed by atoms with Gasteiger partial charge in [0.1, 0.15) is 24.0 Å². The summed E-state index contributed by atoms with van der Waals surface area (Å²) in [6.07, 6.45) is 1.60. The number of hydrogen-bond donors (Lipinski definition) is 0. The van der Waals surface area contributed by atoms with Crippen molar-refractivity contribution in [3.8, 4) is 11.8 Å². The normalized spacial score (nSPS) is 11.1. The molecule has 3 rings (SSSR count). The van der Waals surface area contributed by atoms with E-state index in [1.165, 1.54) is 22.7 Å². The molecule has 0 aliphatic heterocycles. The van der Waals surface area contributed by atoms with Gasteiger partial charge < -0.3 is 4.74 Å². The zero-order valence-electron chi connectivity index (χ0n) is 13.4. The van der Waals surface area contributed by atoms with E-state index in [1.54, 1.807) is 11.6 Å². The van der Waals surface area contributed by atoms with Gasteiger partial charge in [0.05, 0.1) is 16.1 Å². The predicted molar refractivity (Wildman–Crippen MR) is 99.9 cm³/mol. The lowest BCUT2D eigenvalue weighted by atomic mass is 10.1. The van der Waals surface area contributed by atoms with Crippen LogP contribution in [0.15, 0.2) is 52.2 Å². The molecule has 4 nitrogen and oxygen atoms in total. The second-order valence-electron chi connectivity index (χ2n) is 5.27. The quantitative estimate of drug-likeness (QED) is 0.354. The number of carbonyl (C=O) groups is 1. The smallest absolute Gasteiger partial charge is 0.213 e. The van der Waals surface area contributed by atoms with Crippen molar-refractivity contribution < 1.29 is 9.53 Å². The van der Waals surface area contributed by atoms with Crippen molar-refractivity contribution in [2.45, 2.75) is 13.5 Å². The monoisotopic (exact) mass is 366 g/mol. The second-order valence-corrected chi connectivity index (χ2v) is 6.90. The van der Waals surface area contributed by atoms with Crippen LogP contribution in [0.4, 0.5) is 0 Å². The average Bonchev–Trinajstić information content (AvgIpc) is 3.30. The Kier molecular flexibility index (Phi) is 5.39. The Morgan fingerprint density at radius 3 is 2.72 bits per heavy atom. The molecule has 0 aliphatic carbocycles. The van der Waals surface area contributed by atoms with Crippen LogP contribution in [0.5, 0.6) is 5.75 Å². The summed E-state index contributed by atoms with van der Waals surface area (Å²) in [5.41, 5.74) is 4.45. The van der Waals surface area contributed by atoms with Gasteiger partial charge in [0.2, 0.25) is 5.78 Å². The van der Waals surface area contributed by atoms with Crippen molar-refractivity contribution in [3.63, 3.8) is 0 Å². The van der Waals surface area contributed by atoms with Gasteiger partial charge in [0.15, 0.2) is 0 Å². The Labute approximate surface area is 153 Å². The number of carbonyl (C=O) groups excluding carboxylic acids is 1. The molecule has 0 fully saturated rings. The molecule has 0 aliphatic rings. The first kappa shape index (κ1) is 17.1. The first-order chi connectivity index (χ1) is 12.2. The third kappa shape index (κ3) is 4.21. The molecule has 0 unspecified atom stereocenters. The van der Waals surface area contributed by atoms with Gasteiger partial charge in [-0.15, -0.1) is 22.7 Å². The van der Waals surface area contributed by atoms with E-state index >= 15 is 0 Å². The summed E-state index contributed by atoms with van der Waals surface area (Å²) >= 11 is 2.88. The SMILES string of the molecule is Cc1ccsc1C(=O)/C(C#N)=C\c1ccc(OCc2cscn2)cc1. The maximum Gasteiger partial charge on any atom is 0.213 e. The summed E-state index contributed by atoms with van der Waals surface area (Å²) in [6, 6.07) is 11.2. The molecule has 2 heterocycles. The van der Waals surface area contributed by atoms with E-state index in [9.17, 15) is 10.1 Å². The lowest BCUT2D eigenvalue weighted by Crippen LogP contribution is -2.01. The van der Waals surface area contributed by atoms with E-state index in [0.717, 1.165) is 16.8 Å². The van der Waals surface area contributed by atoms with Crippen LogP contribution in [0, 0.1) is 18.3 Å². The predicted octanol–water partition coefficient (Wildman–Crippen LogP) is 4.88. The highest BCUT2D eigenvalue weighted by atomic mass is 32.1. The van der Waals surface area contributed by atoms with Gasteiger partial charge in [-0.1, -0.05) is 12.1 Å². The highest BCUT2D eigenvalue weighted by molar-refractivity contribution is 7.12. The molecule has 0 radical (unpaired) electrons. The molecular formula is C19H14N2O2S2. The van der Waals surface area contributed by atoms with Gasteiger partial charge in [0, 0.05) is 5.38 Å². The fraction of sp³-hybridized carbons (Fsp3) is 0.105. The number of ether oxygens (including phenoxy) is 1. The fourth-order valence-electron chi connectivity index (χ4n) is 2.17. The summed E-state index contributed by atoms with van der Waals surface area (Å²) in [5, 5.41) is 13.1. The molecule has 6 heteroatoms. The van der Waals surface area contributed by atoms with E-state index in [2.05, 4.69) is 4.98 Å². The summed E-state index contributed by atoms with van der Waals surface area (Å²) in [7, 11) is 0. The average molecular weight is 366 g/mol. The summed E-state index contributed by atoms with van der Waals surface area (Å²) < 4.78 is 5.65. The van der Waals surface area contributed by atoms with Gasteiger partial charge in [-0.05, 0) is 47.7 Å². The topological polar surface area (TPSA) is 63.0 Å². The van der Waals surface area contributed by atoms with Gasteiger partial charge in [-0.25, -0.2) is 4.98 Å². The first-order valence-corrected chi connectivity index (χ1v) is 9.30. The van der Waals surface area contributed by atoms with E-state index in [-0.39, 0.29) is 11.4 Å². The molecule has 1 aromatic carbocycles. The van der Waals surface area contributed by atoms with Crippen molar-refractivity contribution >= 4 is 34.5 Å². The van der Waals surface area contributed by atoms with Crippen LogP contribution in [-0.2, 0) is 6.61 Å². The fourth-order valence-corrected chi connectivity index (χ4v) is 3.59. The minimum Gasteiger partial charge on any atom is -0.487 e. The molecule has 3 aromatic rings. The van der Waals surface area contributed by atoms with Crippen LogP contribution in [0.25, 0.3) is 6.08 Å². The second kappa shape index (κ2) is 7.88. The number of nitrogens with zero attached hydrogens (tertiary/aromatic N) is 2. The number of hydrogen-bond acceptors (Lipinski definition) is 6. The number of allylic oxidation sites excluding steroid dienone is 1. The van der Waals surface area contributed by atoms with Crippen LogP contribution >= 0.6 is 22.7 Å². The number of rotatable bonds is 6. The lowest BCUT2D eigenvalue weighted by molar-refractivity contribution is 0.104. The van der Waals surface area contributed by atoms with Crippen molar-refractivity contribution in [3.05, 3.63) is 73.9 Å². The maximum absolute atomic E-state index is 12.5. The number of aromatic nitrogens is 1. The van der Waals surface area contributed by atoms with Crippen LogP contribution in [0.2, 0.25) is 0 Å². The highest BCUT2D eigenvalue weighted by Crippen LogP contribution is 2.22. The number of Topliss-reactive ketones (excluding diaryl/α,β-unsaturated/α-hetero) is 1. The minimum absolute atomic E-state index is 0.127. The lowest BCUT2D eigenvalue weighted by Gasteiger charge is -2.04. The van der Waals surface area contributed by atoms with Crippen molar-refractivity contribution in [1.29, 1.82) is 5.26 Å². The van der Waals surface area contributed by atoms with Crippen LogP contribution < -0.4 is 4.74 Å². The van der Waals surface area contributed by atoms with Crippen molar-refractivity contribution in [2.75, 3.05) is 0 Å². The van der Waals surface area contributed by atoms with Crippen LogP contribution in [-0.4, -0.2) is 10.8 Å². The minimum atomic E-state index is -0.237. The number of thiophene rings is 1. The summed E-state index contributed by atoms with van der Waals surface area (Å²) in [6.45, 7) is 2.28. The summed E-state index contributed by atoms with van der Waals surface area (Å²) in [5.74, 6) is 0.475. The van der Waals surface area contributed by atoms with Crippen LogP contribution in [0.3, 0.4) is 0 Å². The Morgan fingerprint density at radius 1 is 1.32 bits per heavy atom. The number of benzene rings is 1. The molecule has 2 aromatic heterocycles. The van der Waals surface area contributed by atoms with Crippen molar-refractivity contribution in [2.24, 2.45) is 0 Å². The third-order valence-electron chi connectivity index (χ3n) is 3.49. The Morgan fingerprint density at radius 2 is 2.12 bits per heavy atom. The van der Waals surface area contributed by atoms with E-state index < -0.39 is 0 Å². The number of thiazole rings is 1. The molecule has 0 amide bonds. The Bertz CT molecular complexity index is 933. The molecule has 0 N–H and O–H groups in total. The molecule has 0 saturated heterocycles. The number of nitriles is 1. The zero-order chi connectivity index (χ0) is 17.6. The Hall–Kier alpha value is -2.75. The standard InChI is InChI=1S/C19H14N2O2S2/c1-13-6-7-25-19(13)18(22)15(9-20)8-14-2-4-17(5-3-14)23-10-16-11-24-12-21-16/h2-8,11-12H,10H2,1H3/b15-8-. The van der Waals surface area contributed by atoms with Gasteiger partial charge in [-0.3, -0.25) is 4.79 Å². The number of aryl methyl sites for hydroxylation is 1. The molecule has 124 valence electrons. The molecule has 0 spiro atoms. The van der Waals surface area contributed by atoms with Gasteiger partial charge in [-0.2, -0.15) is 5.26 Å². The molecular weight excluding hydrogens is 352 g/mol. The highest BCUT2D eigenvalue weighted by Gasteiger charge is 2.15. The summed E-state index contributed by atoms with van der Waals surface area (Å²) in [4.78, 5) is 17.2. The molecule has 0 bridgehead atoms. The van der Waals surface area contributed by atoms with Crippen LogP contribution in [0.1, 0.15) is 26.5 Å². The van der Waals surface area contributed by atoms with Gasteiger partial charge >= 0.3 is 0 Å². The van der Waals surface area contributed by atoms with E-state index in [1.807, 2.05) is 54.1 Å². The zero-order valence-corrected chi connectivity index (χ0v) is 15.1. The van der Waals surface area contributed by atoms with E-state index in [0.29, 0.717) is 17.2 Å². The van der Waals surface area contributed by atoms with Gasteiger partial charge in [0.25, 0.3) is 0 Å². The Balaban J connectivity index is 1.72. The maximum atomic E-state index is 12.5. The largest absolute Gasteiger partial charge is 0.487 e. The molecule has 0 atom stereocenters. The molecule has 25 heavy (non-hydrogen) atoms.